The number of rotatable bonds is 5. The fraction of sp³-hybridized carbons (Fsp3) is 0.143. The Labute approximate surface area is 138 Å². The number of nitro benzene ring substituents is 1. The molecule has 0 aliphatic rings. The Hall–Kier alpha value is -1.44. The Kier molecular flexibility index (Phi) is 5.33. The minimum absolute atomic E-state index is 0.0188. The van der Waals surface area contributed by atoms with Gasteiger partial charge in [0.2, 0.25) is 0 Å². The summed E-state index contributed by atoms with van der Waals surface area (Å²) in [5.74, 6) is 0.575. The molecule has 0 unspecified atom stereocenters. The normalized spacial score (nSPS) is 10.4. The first-order valence-electron chi connectivity index (χ1n) is 5.96. The predicted octanol–water partition coefficient (Wildman–Crippen LogP) is 4.19. The van der Waals surface area contributed by atoms with E-state index in [-0.39, 0.29) is 18.9 Å². The Bertz CT molecular complexity index is 676. The van der Waals surface area contributed by atoms with Gasteiger partial charge in [-0.05, 0) is 24.3 Å². The molecule has 1 N–H and O–H groups in total. The molecule has 0 heterocycles. The smallest absolute Gasteiger partial charge is 0.270 e. The van der Waals surface area contributed by atoms with Crippen LogP contribution in [0.1, 0.15) is 11.1 Å². The SMILES string of the molecule is O=[N+]([O-])c1ccc(COc2ccc(Br)cc2CO)c(Br)c1. The molecule has 5 nitrogen and oxygen atoms in total. The van der Waals surface area contributed by atoms with Crippen LogP contribution in [0.2, 0.25) is 0 Å². The van der Waals surface area contributed by atoms with Gasteiger partial charge in [-0.3, -0.25) is 10.1 Å². The van der Waals surface area contributed by atoms with Gasteiger partial charge < -0.3 is 9.84 Å². The first-order chi connectivity index (χ1) is 10.0. The summed E-state index contributed by atoms with van der Waals surface area (Å²) in [6.07, 6.45) is 0. The Morgan fingerprint density at radius 2 is 1.90 bits per heavy atom. The summed E-state index contributed by atoms with van der Waals surface area (Å²) in [5.41, 5.74) is 1.47. The molecule has 0 spiro atoms. The quantitative estimate of drug-likeness (QED) is 0.585. The predicted molar refractivity (Wildman–Crippen MR) is 85.2 cm³/mol. The maximum absolute atomic E-state index is 10.7. The van der Waals surface area contributed by atoms with Gasteiger partial charge >= 0.3 is 0 Å². The zero-order chi connectivity index (χ0) is 15.4. The zero-order valence-electron chi connectivity index (χ0n) is 10.8. The van der Waals surface area contributed by atoms with Gasteiger partial charge in [-0.2, -0.15) is 0 Å². The molecule has 0 amide bonds. The van der Waals surface area contributed by atoms with Crippen molar-refractivity contribution < 1.29 is 14.8 Å². The third-order valence-electron chi connectivity index (χ3n) is 2.82. The van der Waals surface area contributed by atoms with E-state index in [0.29, 0.717) is 15.8 Å². The Morgan fingerprint density at radius 1 is 1.14 bits per heavy atom. The number of hydrogen-bond acceptors (Lipinski definition) is 4. The Morgan fingerprint density at radius 3 is 2.52 bits per heavy atom. The third-order valence-corrected chi connectivity index (χ3v) is 4.05. The molecular formula is C14H11Br2NO4. The second-order valence-electron chi connectivity index (χ2n) is 4.23. The number of nitrogens with zero attached hydrogens (tertiary/aromatic N) is 1. The van der Waals surface area contributed by atoms with E-state index in [1.165, 1.54) is 12.1 Å². The summed E-state index contributed by atoms with van der Waals surface area (Å²) < 4.78 is 7.14. The molecular weight excluding hydrogens is 406 g/mol. The molecule has 0 bridgehead atoms. The van der Waals surface area contributed by atoms with Crippen molar-refractivity contribution in [2.45, 2.75) is 13.2 Å². The molecule has 110 valence electrons. The molecule has 2 rings (SSSR count). The summed E-state index contributed by atoms with van der Waals surface area (Å²) >= 11 is 6.62. The highest BCUT2D eigenvalue weighted by Gasteiger charge is 2.10. The van der Waals surface area contributed by atoms with Gasteiger partial charge in [0.25, 0.3) is 5.69 Å². The number of hydrogen-bond donors (Lipinski definition) is 1. The fourth-order valence-corrected chi connectivity index (χ4v) is 2.62. The molecule has 0 fully saturated rings. The monoisotopic (exact) mass is 415 g/mol. The molecule has 7 heteroatoms. The van der Waals surface area contributed by atoms with Gasteiger partial charge in [0.15, 0.2) is 0 Å². The van der Waals surface area contributed by atoms with Crippen molar-refractivity contribution in [2.24, 2.45) is 0 Å². The van der Waals surface area contributed by atoms with Crippen molar-refractivity contribution in [3.63, 3.8) is 0 Å². The summed E-state index contributed by atoms with van der Waals surface area (Å²) in [4.78, 5) is 10.2. The molecule has 0 saturated heterocycles. The van der Waals surface area contributed by atoms with Crippen LogP contribution in [0.15, 0.2) is 45.3 Å². The highest BCUT2D eigenvalue weighted by molar-refractivity contribution is 9.10. The molecule has 0 saturated carbocycles. The second kappa shape index (κ2) is 7.02. The maximum Gasteiger partial charge on any atom is 0.270 e. The van der Waals surface area contributed by atoms with Crippen LogP contribution >= 0.6 is 31.9 Å². The van der Waals surface area contributed by atoms with Crippen LogP contribution in [-0.2, 0) is 13.2 Å². The number of non-ortho nitro benzene ring substituents is 1. The van der Waals surface area contributed by atoms with E-state index in [1.54, 1.807) is 18.2 Å². The van der Waals surface area contributed by atoms with Crippen molar-refractivity contribution in [3.05, 3.63) is 66.6 Å². The maximum atomic E-state index is 10.7. The number of benzene rings is 2. The van der Waals surface area contributed by atoms with Gasteiger partial charge in [0.1, 0.15) is 12.4 Å². The van der Waals surface area contributed by atoms with E-state index in [4.69, 9.17) is 4.74 Å². The second-order valence-corrected chi connectivity index (χ2v) is 6.00. The molecule has 0 aliphatic carbocycles. The van der Waals surface area contributed by atoms with Crippen LogP contribution in [0, 0.1) is 10.1 Å². The minimum Gasteiger partial charge on any atom is -0.488 e. The van der Waals surface area contributed by atoms with E-state index >= 15 is 0 Å². The van der Waals surface area contributed by atoms with Crippen molar-refractivity contribution >= 4 is 37.5 Å². The van der Waals surface area contributed by atoms with Gasteiger partial charge in [0, 0.05) is 32.2 Å². The minimum atomic E-state index is -0.450. The van der Waals surface area contributed by atoms with Gasteiger partial charge in [0.05, 0.1) is 11.5 Å². The lowest BCUT2D eigenvalue weighted by Gasteiger charge is -2.11. The van der Waals surface area contributed by atoms with E-state index in [9.17, 15) is 15.2 Å². The Balaban J connectivity index is 2.15. The summed E-state index contributed by atoms with van der Waals surface area (Å²) in [6, 6.07) is 9.86. The molecule has 2 aromatic rings. The van der Waals surface area contributed by atoms with E-state index in [0.717, 1.165) is 10.0 Å². The molecule has 2 aromatic carbocycles. The number of aliphatic hydroxyl groups excluding tert-OH is 1. The first-order valence-corrected chi connectivity index (χ1v) is 7.54. The fourth-order valence-electron chi connectivity index (χ4n) is 1.73. The largest absolute Gasteiger partial charge is 0.488 e. The molecule has 0 atom stereocenters. The summed E-state index contributed by atoms with van der Waals surface area (Å²) in [7, 11) is 0. The molecule has 0 aromatic heterocycles. The van der Waals surface area contributed by atoms with Crippen molar-refractivity contribution in [2.75, 3.05) is 0 Å². The number of nitro groups is 1. The average molecular weight is 417 g/mol. The van der Waals surface area contributed by atoms with Crippen LogP contribution in [0.25, 0.3) is 0 Å². The van der Waals surface area contributed by atoms with Crippen LogP contribution in [0.4, 0.5) is 5.69 Å². The first kappa shape index (κ1) is 15.9. The van der Waals surface area contributed by atoms with Gasteiger partial charge in [-0.25, -0.2) is 0 Å². The lowest BCUT2D eigenvalue weighted by molar-refractivity contribution is -0.384. The topological polar surface area (TPSA) is 72.6 Å². The van der Waals surface area contributed by atoms with E-state index in [1.807, 2.05) is 6.07 Å². The highest BCUT2D eigenvalue weighted by atomic mass is 79.9. The van der Waals surface area contributed by atoms with E-state index in [2.05, 4.69) is 31.9 Å². The number of ether oxygens (including phenoxy) is 1. The van der Waals surface area contributed by atoms with Crippen LogP contribution in [0.3, 0.4) is 0 Å². The van der Waals surface area contributed by atoms with Crippen molar-refractivity contribution in [1.82, 2.24) is 0 Å². The van der Waals surface area contributed by atoms with Crippen LogP contribution in [0.5, 0.6) is 5.75 Å². The summed E-state index contributed by atoms with van der Waals surface area (Å²) in [6.45, 7) is 0.114. The standard InChI is InChI=1S/C14H11Br2NO4/c15-11-2-4-14(10(5-11)7-18)21-8-9-1-3-12(17(19)20)6-13(9)16/h1-6,18H,7-8H2. The average Bonchev–Trinajstić information content (AvgIpc) is 2.46. The van der Waals surface area contributed by atoms with Crippen LogP contribution < -0.4 is 4.74 Å². The summed E-state index contributed by atoms with van der Waals surface area (Å²) in [5, 5.41) is 20.0. The molecule has 21 heavy (non-hydrogen) atoms. The van der Waals surface area contributed by atoms with Crippen molar-refractivity contribution in [1.29, 1.82) is 0 Å². The van der Waals surface area contributed by atoms with E-state index < -0.39 is 4.92 Å². The van der Waals surface area contributed by atoms with Crippen molar-refractivity contribution in [3.8, 4) is 5.75 Å². The lowest BCUT2D eigenvalue weighted by Crippen LogP contribution is -2.00. The number of aliphatic hydroxyl groups is 1. The highest BCUT2D eigenvalue weighted by Crippen LogP contribution is 2.27. The third kappa shape index (κ3) is 4.03. The van der Waals surface area contributed by atoms with Crippen LogP contribution in [-0.4, -0.2) is 10.0 Å². The number of halogens is 2. The lowest BCUT2D eigenvalue weighted by atomic mass is 10.2. The molecule has 0 radical (unpaired) electrons. The molecule has 0 aliphatic heterocycles. The van der Waals surface area contributed by atoms with Gasteiger partial charge in [-0.1, -0.05) is 31.9 Å². The van der Waals surface area contributed by atoms with Gasteiger partial charge in [-0.15, -0.1) is 0 Å². The zero-order valence-corrected chi connectivity index (χ0v) is 13.9.